The highest BCUT2D eigenvalue weighted by Crippen LogP contribution is 2.26. The van der Waals surface area contributed by atoms with E-state index in [1.165, 1.54) is 7.11 Å². The summed E-state index contributed by atoms with van der Waals surface area (Å²) in [7, 11) is -0.130. The number of carboxylic acids is 1. The molecule has 0 radical (unpaired) electrons. The zero-order valence-electron chi connectivity index (χ0n) is 10.9. The molecule has 0 aliphatic rings. The van der Waals surface area contributed by atoms with Crippen LogP contribution < -0.4 is 4.74 Å². The maximum Gasteiger partial charge on any atom is 0.324 e. The first-order valence-electron chi connectivity index (χ1n) is 5.96. The fourth-order valence-electron chi connectivity index (χ4n) is 1.83. The second-order valence-corrected chi connectivity index (χ2v) is 5.64. The minimum Gasteiger partial charge on any atom is -0.497 e. The quantitative estimate of drug-likeness (QED) is 0.919. The molecule has 0 aliphatic carbocycles. The molecule has 0 fully saturated rings. The maximum absolute atomic E-state index is 12.5. The molecule has 0 aliphatic heterocycles. The minimum atomic E-state index is -1.67. The summed E-state index contributed by atoms with van der Waals surface area (Å²) in [4.78, 5) is 11.9. The van der Waals surface area contributed by atoms with Gasteiger partial charge in [-0.15, -0.1) is 0 Å². The van der Waals surface area contributed by atoms with E-state index in [2.05, 4.69) is 0 Å². The molecule has 0 saturated heterocycles. The molecule has 2 aromatic carbocycles. The van der Waals surface area contributed by atoms with Crippen molar-refractivity contribution in [1.29, 1.82) is 0 Å². The molecule has 0 bridgehead atoms. The van der Waals surface area contributed by atoms with Crippen molar-refractivity contribution in [2.75, 3.05) is 7.11 Å². The molecular formula is C15H14O4S. The molecule has 20 heavy (non-hydrogen) atoms. The average molecular weight is 290 g/mol. The van der Waals surface area contributed by atoms with Gasteiger partial charge in [-0.1, -0.05) is 30.3 Å². The Bertz CT molecular complexity index is 608. The summed E-state index contributed by atoms with van der Waals surface area (Å²) < 4.78 is 17.5. The van der Waals surface area contributed by atoms with Gasteiger partial charge >= 0.3 is 5.97 Å². The standard InChI is InChI=1S/C15H14O4S/c1-19-12-7-9-13(10-8-12)20(18)14(15(16)17)11-5-3-2-4-6-11/h2-10,14H,1H3,(H,16,17). The van der Waals surface area contributed by atoms with Gasteiger partial charge in [-0.2, -0.15) is 0 Å². The Morgan fingerprint density at radius 3 is 2.20 bits per heavy atom. The molecule has 1 N–H and O–H groups in total. The molecule has 0 aromatic heterocycles. The third-order valence-electron chi connectivity index (χ3n) is 2.83. The van der Waals surface area contributed by atoms with Crippen molar-refractivity contribution in [1.82, 2.24) is 0 Å². The van der Waals surface area contributed by atoms with Crippen LogP contribution >= 0.6 is 0 Å². The van der Waals surface area contributed by atoms with Gasteiger partial charge in [0.15, 0.2) is 5.25 Å². The third-order valence-corrected chi connectivity index (χ3v) is 4.47. The van der Waals surface area contributed by atoms with Crippen molar-refractivity contribution >= 4 is 16.8 Å². The fraction of sp³-hybridized carbons (Fsp3) is 0.133. The molecule has 0 saturated carbocycles. The molecule has 0 amide bonds. The van der Waals surface area contributed by atoms with Gasteiger partial charge in [-0.3, -0.25) is 9.00 Å². The van der Waals surface area contributed by atoms with E-state index in [0.29, 0.717) is 16.2 Å². The topological polar surface area (TPSA) is 63.6 Å². The van der Waals surface area contributed by atoms with Crippen LogP contribution in [0.5, 0.6) is 5.75 Å². The lowest BCUT2D eigenvalue weighted by Crippen LogP contribution is -2.17. The van der Waals surface area contributed by atoms with Crippen molar-refractivity contribution in [2.45, 2.75) is 10.1 Å². The fourth-order valence-corrected chi connectivity index (χ4v) is 3.10. The Hall–Kier alpha value is -2.14. The number of aliphatic carboxylic acids is 1. The van der Waals surface area contributed by atoms with Gasteiger partial charge in [0.1, 0.15) is 5.75 Å². The lowest BCUT2D eigenvalue weighted by Gasteiger charge is -2.13. The van der Waals surface area contributed by atoms with E-state index in [4.69, 9.17) is 4.74 Å². The smallest absolute Gasteiger partial charge is 0.324 e. The SMILES string of the molecule is COc1ccc(S(=O)C(C(=O)O)c2ccccc2)cc1. The van der Waals surface area contributed by atoms with Crippen LogP contribution in [-0.2, 0) is 15.6 Å². The van der Waals surface area contributed by atoms with Gasteiger partial charge in [0.2, 0.25) is 0 Å². The van der Waals surface area contributed by atoms with Crippen LogP contribution in [-0.4, -0.2) is 22.4 Å². The first-order chi connectivity index (χ1) is 9.63. The van der Waals surface area contributed by atoms with Crippen molar-refractivity contribution in [3.63, 3.8) is 0 Å². The predicted molar refractivity (Wildman–Crippen MR) is 76.2 cm³/mol. The normalized spacial score (nSPS) is 13.4. The summed E-state index contributed by atoms with van der Waals surface area (Å²) in [5.74, 6) is -0.470. The lowest BCUT2D eigenvalue weighted by molar-refractivity contribution is -0.136. The molecule has 2 unspecified atom stereocenters. The van der Waals surface area contributed by atoms with E-state index in [0.717, 1.165) is 0 Å². The largest absolute Gasteiger partial charge is 0.497 e. The second-order valence-electron chi connectivity index (χ2n) is 4.10. The number of methoxy groups -OCH3 is 1. The van der Waals surface area contributed by atoms with Gasteiger partial charge in [-0.05, 0) is 29.8 Å². The van der Waals surface area contributed by atoms with Crippen molar-refractivity contribution in [3.8, 4) is 5.75 Å². The zero-order valence-corrected chi connectivity index (χ0v) is 11.7. The van der Waals surface area contributed by atoms with Crippen molar-refractivity contribution in [3.05, 3.63) is 60.2 Å². The zero-order chi connectivity index (χ0) is 14.5. The van der Waals surface area contributed by atoms with Crippen LogP contribution in [0.4, 0.5) is 0 Å². The van der Waals surface area contributed by atoms with Crippen LogP contribution in [0, 0.1) is 0 Å². The monoisotopic (exact) mass is 290 g/mol. The van der Waals surface area contributed by atoms with Crippen LogP contribution in [0.1, 0.15) is 10.8 Å². The first kappa shape index (κ1) is 14.3. The number of benzene rings is 2. The summed E-state index contributed by atoms with van der Waals surface area (Å²) in [5, 5.41) is 8.26. The van der Waals surface area contributed by atoms with Gasteiger partial charge in [0.05, 0.1) is 17.9 Å². The number of rotatable bonds is 5. The highest BCUT2D eigenvalue weighted by molar-refractivity contribution is 7.86. The van der Waals surface area contributed by atoms with Crippen molar-refractivity contribution in [2.24, 2.45) is 0 Å². The Labute approximate surface area is 119 Å². The number of hydrogen-bond acceptors (Lipinski definition) is 3. The highest BCUT2D eigenvalue weighted by Gasteiger charge is 2.27. The van der Waals surface area contributed by atoms with E-state index >= 15 is 0 Å². The maximum atomic E-state index is 12.5. The molecule has 2 aromatic rings. The molecule has 0 spiro atoms. The predicted octanol–water partition coefficient (Wildman–Crippen LogP) is 2.63. The van der Waals surface area contributed by atoms with Crippen LogP contribution in [0.25, 0.3) is 0 Å². The highest BCUT2D eigenvalue weighted by atomic mass is 32.2. The number of hydrogen-bond donors (Lipinski definition) is 1. The Balaban J connectivity index is 2.34. The first-order valence-corrected chi connectivity index (χ1v) is 7.17. The van der Waals surface area contributed by atoms with E-state index in [1.54, 1.807) is 54.6 Å². The third kappa shape index (κ3) is 3.05. The average Bonchev–Trinajstić information content (AvgIpc) is 2.48. The van der Waals surface area contributed by atoms with Gasteiger partial charge in [0, 0.05) is 4.90 Å². The lowest BCUT2D eigenvalue weighted by atomic mass is 10.1. The molecule has 4 nitrogen and oxygen atoms in total. The molecular weight excluding hydrogens is 276 g/mol. The van der Waals surface area contributed by atoms with Gasteiger partial charge in [-0.25, -0.2) is 0 Å². The van der Waals surface area contributed by atoms with E-state index in [1.807, 2.05) is 0 Å². The molecule has 5 heteroatoms. The summed E-state index contributed by atoms with van der Waals surface area (Å²) in [6.45, 7) is 0. The summed E-state index contributed by atoms with van der Waals surface area (Å²) in [5.41, 5.74) is 0.522. The van der Waals surface area contributed by atoms with E-state index in [9.17, 15) is 14.1 Å². The minimum absolute atomic E-state index is 0.460. The molecule has 0 heterocycles. The Morgan fingerprint density at radius 1 is 1.10 bits per heavy atom. The number of carbonyl (C=O) groups is 1. The second kappa shape index (κ2) is 6.34. The van der Waals surface area contributed by atoms with Crippen LogP contribution in [0.15, 0.2) is 59.5 Å². The number of ether oxygens (including phenoxy) is 1. The summed E-state index contributed by atoms with van der Waals surface area (Å²) >= 11 is 0. The van der Waals surface area contributed by atoms with Crippen LogP contribution in [0.2, 0.25) is 0 Å². The van der Waals surface area contributed by atoms with E-state index in [-0.39, 0.29) is 0 Å². The number of carboxylic acid groups (broad SMARTS) is 1. The summed E-state index contributed by atoms with van der Waals surface area (Å²) in [6, 6.07) is 15.2. The summed E-state index contributed by atoms with van der Waals surface area (Å²) in [6.07, 6.45) is 0. The van der Waals surface area contributed by atoms with Crippen molar-refractivity contribution < 1.29 is 18.8 Å². The van der Waals surface area contributed by atoms with Crippen LogP contribution in [0.3, 0.4) is 0 Å². The molecule has 2 atom stereocenters. The molecule has 104 valence electrons. The van der Waals surface area contributed by atoms with E-state index < -0.39 is 22.0 Å². The molecule has 2 rings (SSSR count). The Kier molecular flexibility index (Phi) is 4.53. The Morgan fingerprint density at radius 2 is 1.70 bits per heavy atom. The van der Waals surface area contributed by atoms with Gasteiger partial charge < -0.3 is 9.84 Å². The van der Waals surface area contributed by atoms with Gasteiger partial charge in [0.25, 0.3) is 0 Å².